The van der Waals surface area contributed by atoms with Gasteiger partial charge in [-0.3, -0.25) is 4.90 Å². The zero-order valence-electron chi connectivity index (χ0n) is 15.6. The molecule has 26 heavy (non-hydrogen) atoms. The van der Waals surface area contributed by atoms with E-state index in [2.05, 4.69) is 52.3 Å². The Hall–Kier alpha value is -2.04. The first-order chi connectivity index (χ1) is 12.8. The maximum atomic E-state index is 5.48. The molecule has 2 aromatic carbocycles. The van der Waals surface area contributed by atoms with Gasteiger partial charge in [0.05, 0.1) is 20.3 Å². The van der Waals surface area contributed by atoms with Crippen molar-refractivity contribution >= 4 is 5.69 Å². The largest absolute Gasteiger partial charge is 0.497 e. The number of nitrogens with zero attached hydrogens (tertiary/aromatic N) is 2. The van der Waals surface area contributed by atoms with Crippen LogP contribution in [0.15, 0.2) is 42.5 Å². The predicted molar refractivity (Wildman–Crippen MR) is 105 cm³/mol. The first-order valence-electron chi connectivity index (χ1n) is 9.61. The molecule has 2 aliphatic heterocycles. The minimum atomic E-state index is 0.831. The lowest BCUT2D eigenvalue weighted by molar-refractivity contribution is 0.122. The van der Waals surface area contributed by atoms with Gasteiger partial charge in [-0.25, -0.2) is 0 Å². The van der Waals surface area contributed by atoms with Gasteiger partial charge >= 0.3 is 0 Å². The fourth-order valence-electron chi connectivity index (χ4n) is 3.96. The fourth-order valence-corrected chi connectivity index (χ4v) is 3.96. The lowest BCUT2D eigenvalue weighted by Gasteiger charge is -2.29. The van der Waals surface area contributed by atoms with E-state index in [4.69, 9.17) is 9.47 Å². The maximum Gasteiger partial charge on any atom is 0.119 e. The second-order valence-corrected chi connectivity index (χ2v) is 7.18. The average Bonchev–Trinajstić information content (AvgIpc) is 2.91. The molecule has 0 radical (unpaired) electrons. The van der Waals surface area contributed by atoms with E-state index in [1.54, 1.807) is 7.11 Å². The van der Waals surface area contributed by atoms with Crippen LogP contribution in [0.5, 0.6) is 5.75 Å². The van der Waals surface area contributed by atoms with Gasteiger partial charge in [0.1, 0.15) is 5.75 Å². The Morgan fingerprint density at radius 1 is 0.923 bits per heavy atom. The summed E-state index contributed by atoms with van der Waals surface area (Å²) in [5.41, 5.74) is 5.63. The first kappa shape index (κ1) is 17.4. The highest BCUT2D eigenvalue weighted by Gasteiger charge is 2.16. The number of fused-ring (bicyclic) bond motifs is 1. The molecule has 0 aromatic heterocycles. The summed E-state index contributed by atoms with van der Waals surface area (Å²) in [5, 5.41) is 0. The van der Waals surface area contributed by atoms with Crippen molar-refractivity contribution in [3.63, 3.8) is 0 Å². The van der Waals surface area contributed by atoms with E-state index in [0.717, 1.165) is 64.5 Å². The molecule has 138 valence electrons. The predicted octanol–water partition coefficient (Wildman–Crippen LogP) is 3.13. The van der Waals surface area contributed by atoms with Crippen molar-refractivity contribution in [2.75, 3.05) is 51.4 Å². The Morgan fingerprint density at radius 2 is 1.73 bits per heavy atom. The number of morpholine rings is 1. The van der Waals surface area contributed by atoms with E-state index in [0.29, 0.717) is 0 Å². The van der Waals surface area contributed by atoms with Crippen molar-refractivity contribution in [1.29, 1.82) is 0 Å². The molecular formula is C22H28N2O2. The molecule has 2 heterocycles. The SMILES string of the molecule is COc1ccc2c(c1)CCN(Cc1cccc(N3CCOCC3)c1)CC2. The standard InChI is InChI=1S/C22H28N2O2/c1-25-22-6-5-19-7-9-23(10-8-20(19)16-22)17-18-3-2-4-21(15-18)24-11-13-26-14-12-24/h2-6,15-16H,7-14,17H2,1H3. The third kappa shape index (κ3) is 4.02. The van der Waals surface area contributed by atoms with E-state index < -0.39 is 0 Å². The molecule has 4 rings (SSSR count). The van der Waals surface area contributed by atoms with Crippen LogP contribution in [-0.4, -0.2) is 51.4 Å². The van der Waals surface area contributed by atoms with Crippen LogP contribution in [0.2, 0.25) is 0 Å². The van der Waals surface area contributed by atoms with Crippen LogP contribution in [0.3, 0.4) is 0 Å². The first-order valence-corrected chi connectivity index (χ1v) is 9.61. The highest BCUT2D eigenvalue weighted by molar-refractivity contribution is 5.49. The van der Waals surface area contributed by atoms with Crippen molar-refractivity contribution in [2.45, 2.75) is 19.4 Å². The lowest BCUT2D eigenvalue weighted by Crippen LogP contribution is -2.36. The molecule has 0 amide bonds. The summed E-state index contributed by atoms with van der Waals surface area (Å²) in [5.74, 6) is 0.968. The van der Waals surface area contributed by atoms with Gasteiger partial charge in [-0.2, -0.15) is 0 Å². The van der Waals surface area contributed by atoms with Crippen molar-refractivity contribution in [3.05, 3.63) is 59.2 Å². The van der Waals surface area contributed by atoms with Gasteiger partial charge in [-0.05, 0) is 53.8 Å². The molecule has 4 nitrogen and oxygen atoms in total. The Morgan fingerprint density at radius 3 is 2.54 bits per heavy atom. The summed E-state index contributed by atoms with van der Waals surface area (Å²) in [6, 6.07) is 15.5. The molecular weight excluding hydrogens is 324 g/mol. The zero-order valence-corrected chi connectivity index (χ0v) is 15.6. The van der Waals surface area contributed by atoms with E-state index in [1.807, 2.05) is 0 Å². The minimum absolute atomic E-state index is 0.831. The zero-order chi connectivity index (χ0) is 17.8. The lowest BCUT2D eigenvalue weighted by atomic mass is 10.0. The highest BCUT2D eigenvalue weighted by Crippen LogP contribution is 2.23. The minimum Gasteiger partial charge on any atom is -0.497 e. The van der Waals surface area contributed by atoms with Crippen LogP contribution in [0.1, 0.15) is 16.7 Å². The van der Waals surface area contributed by atoms with Crippen LogP contribution in [0.4, 0.5) is 5.69 Å². The third-order valence-corrected chi connectivity index (χ3v) is 5.50. The van der Waals surface area contributed by atoms with Crippen LogP contribution in [-0.2, 0) is 24.1 Å². The molecule has 1 fully saturated rings. The molecule has 0 aliphatic carbocycles. The second-order valence-electron chi connectivity index (χ2n) is 7.18. The summed E-state index contributed by atoms with van der Waals surface area (Å²) in [6.45, 7) is 6.87. The number of methoxy groups -OCH3 is 1. The third-order valence-electron chi connectivity index (χ3n) is 5.50. The molecule has 0 N–H and O–H groups in total. The molecule has 0 atom stereocenters. The van der Waals surface area contributed by atoms with E-state index in [1.165, 1.54) is 22.4 Å². The highest BCUT2D eigenvalue weighted by atomic mass is 16.5. The van der Waals surface area contributed by atoms with E-state index in [-0.39, 0.29) is 0 Å². The van der Waals surface area contributed by atoms with Crippen molar-refractivity contribution in [2.24, 2.45) is 0 Å². The van der Waals surface area contributed by atoms with Gasteiger partial charge in [0.15, 0.2) is 0 Å². The fraction of sp³-hybridized carbons (Fsp3) is 0.455. The van der Waals surface area contributed by atoms with Gasteiger partial charge < -0.3 is 14.4 Å². The molecule has 0 bridgehead atoms. The van der Waals surface area contributed by atoms with Crippen molar-refractivity contribution in [3.8, 4) is 5.75 Å². The van der Waals surface area contributed by atoms with Crippen molar-refractivity contribution in [1.82, 2.24) is 4.90 Å². The molecule has 0 unspecified atom stereocenters. The van der Waals surface area contributed by atoms with Gasteiger partial charge in [-0.15, -0.1) is 0 Å². The monoisotopic (exact) mass is 352 g/mol. The number of benzene rings is 2. The number of anilines is 1. The Labute approximate surface area is 156 Å². The normalized spacial score (nSPS) is 18.3. The second kappa shape index (κ2) is 8.11. The summed E-state index contributed by atoms with van der Waals surface area (Å²) in [7, 11) is 1.74. The Bertz CT molecular complexity index is 741. The molecule has 1 saturated heterocycles. The number of hydrogen-bond acceptors (Lipinski definition) is 4. The number of ether oxygens (including phenoxy) is 2. The number of hydrogen-bond donors (Lipinski definition) is 0. The summed E-state index contributed by atoms with van der Waals surface area (Å²) in [6.07, 6.45) is 2.21. The number of rotatable bonds is 4. The molecule has 2 aromatic rings. The molecule has 0 spiro atoms. The Balaban J connectivity index is 1.42. The maximum absolute atomic E-state index is 5.48. The summed E-state index contributed by atoms with van der Waals surface area (Å²) >= 11 is 0. The van der Waals surface area contributed by atoms with Gasteiger partial charge in [-0.1, -0.05) is 18.2 Å². The quantitative estimate of drug-likeness (QED) is 0.844. The Kier molecular flexibility index (Phi) is 5.42. The van der Waals surface area contributed by atoms with Crippen LogP contribution < -0.4 is 9.64 Å². The van der Waals surface area contributed by atoms with E-state index in [9.17, 15) is 0 Å². The summed E-state index contributed by atoms with van der Waals surface area (Å²) in [4.78, 5) is 5.00. The van der Waals surface area contributed by atoms with Crippen molar-refractivity contribution < 1.29 is 9.47 Å². The topological polar surface area (TPSA) is 24.9 Å². The smallest absolute Gasteiger partial charge is 0.119 e. The van der Waals surface area contributed by atoms with E-state index >= 15 is 0 Å². The van der Waals surface area contributed by atoms with Crippen LogP contribution in [0.25, 0.3) is 0 Å². The van der Waals surface area contributed by atoms with Crippen LogP contribution >= 0.6 is 0 Å². The average molecular weight is 352 g/mol. The molecule has 2 aliphatic rings. The van der Waals surface area contributed by atoms with Crippen LogP contribution in [0, 0.1) is 0 Å². The van der Waals surface area contributed by atoms with Gasteiger partial charge in [0.25, 0.3) is 0 Å². The summed E-state index contributed by atoms with van der Waals surface area (Å²) < 4.78 is 10.9. The molecule has 4 heteroatoms. The van der Waals surface area contributed by atoms with Gasteiger partial charge in [0, 0.05) is 38.4 Å². The van der Waals surface area contributed by atoms with Gasteiger partial charge in [0.2, 0.25) is 0 Å². The molecule has 0 saturated carbocycles.